The molecule has 2 unspecified atom stereocenters. The molecule has 0 bridgehead atoms. The first-order valence-corrected chi connectivity index (χ1v) is 18.8. The summed E-state index contributed by atoms with van der Waals surface area (Å²) in [5.41, 5.74) is 3.62. The molecule has 3 heterocycles. The summed E-state index contributed by atoms with van der Waals surface area (Å²) in [5, 5.41) is 0.192. The zero-order chi connectivity index (χ0) is 36.0. The van der Waals surface area contributed by atoms with Gasteiger partial charge < -0.3 is 19.1 Å². The van der Waals surface area contributed by atoms with Crippen LogP contribution in [0.2, 0.25) is 0 Å². The van der Waals surface area contributed by atoms with Gasteiger partial charge in [-0.1, -0.05) is 91.0 Å². The molecule has 0 N–H and O–H groups in total. The van der Waals surface area contributed by atoms with E-state index in [1.807, 2.05) is 18.4 Å². The average Bonchev–Trinajstić information content (AvgIpc) is 3.94. The van der Waals surface area contributed by atoms with Crippen molar-refractivity contribution in [2.75, 3.05) is 44.7 Å². The van der Waals surface area contributed by atoms with Crippen LogP contribution in [-0.2, 0) is 5.54 Å². The van der Waals surface area contributed by atoms with Crippen molar-refractivity contribution in [3.63, 3.8) is 0 Å². The Labute approximate surface area is 305 Å². The van der Waals surface area contributed by atoms with E-state index in [1.165, 1.54) is 22.8 Å². The molecule has 3 aliphatic rings. The van der Waals surface area contributed by atoms with Gasteiger partial charge in [-0.3, -0.25) is 14.5 Å². The third kappa shape index (κ3) is 5.50. The lowest BCUT2D eigenvalue weighted by molar-refractivity contribution is 0.0500. The summed E-state index contributed by atoms with van der Waals surface area (Å²) >= 11 is 0. The van der Waals surface area contributed by atoms with Gasteiger partial charge >= 0.3 is 0 Å². The highest BCUT2D eigenvalue weighted by Gasteiger charge is 2.51. The monoisotopic (exact) mass is 698 g/mol. The van der Waals surface area contributed by atoms with E-state index >= 15 is 4.39 Å². The third-order valence-electron chi connectivity index (χ3n) is 11.7. The standard InChI is InChI=1S/C44H47FN4O3/c1-4-46(5-2)43(51)36-28-48(34-23-24-34)39-35(41(36)50)26-37(45)40(42(39)52-3)47-27-30-16-15-25-49(38(30)29-47)44(31-17-9-6-10-18-31,32-19-11-7-12-20-32)33-21-13-8-14-22-33/h6-14,17-22,26,28,30,34,38H,4-5,15-16,23-25,27,29H2,1-3H3. The predicted molar refractivity (Wildman–Crippen MR) is 205 cm³/mol. The Hall–Kier alpha value is -4.95. The smallest absolute Gasteiger partial charge is 0.259 e. The van der Waals surface area contributed by atoms with E-state index in [4.69, 9.17) is 4.74 Å². The average molecular weight is 699 g/mol. The molecule has 2 aliphatic heterocycles. The molecular formula is C44H47FN4O3. The first kappa shape index (κ1) is 34.2. The molecule has 5 aromatic rings. The van der Waals surface area contributed by atoms with E-state index in [1.54, 1.807) is 18.2 Å². The van der Waals surface area contributed by atoms with Crippen molar-refractivity contribution in [3.05, 3.63) is 142 Å². The summed E-state index contributed by atoms with van der Waals surface area (Å²) in [7, 11) is 1.56. The number of benzene rings is 4. The topological polar surface area (TPSA) is 58.0 Å². The molecule has 8 rings (SSSR count). The summed E-state index contributed by atoms with van der Waals surface area (Å²) < 4.78 is 24.9. The highest BCUT2D eigenvalue weighted by atomic mass is 19.1. The second-order valence-corrected chi connectivity index (χ2v) is 14.5. The number of amides is 1. The minimum Gasteiger partial charge on any atom is -0.492 e. The number of aromatic nitrogens is 1. The van der Waals surface area contributed by atoms with Crippen LogP contribution < -0.4 is 15.1 Å². The molecule has 268 valence electrons. The van der Waals surface area contributed by atoms with Crippen LogP contribution >= 0.6 is 0 Å². The number of ether oxygens (including phenoxy) is 1. The fourth-order valence-corrected chi connectivity index (χ4v) is 9.22. The van der Waals surface area contributed by atoms with E-state index < -0.39 is 16.8 Å². The zero-order valence-electron chi connectivity index (χ0n) is 30.3. The Morgan fingerprint density at radius 3 is 1.96 bits per heavy atom. The number of anilines is 1. The van der Waals surface area contributed by atoms with Gasteiger partial charge in [-0.15, -0.1) is 0 Å². The Balaban J connectivity index is 1.27. The lowest BCUT2D eigenvalue weighted by atomic mass is 9.73. The van der Waals surface area contributed by atoms with Crippen molar-refractivity contribution >= 4 is 22.5 Å². The molecule has 2 atom stereocenters. The summed E-state index contributed by atoms with van der Waals surface area (Å²) in [6, 6.07) is 33.9. The van der Waals surface area contributed by atoms with Crippen molar-refractivity contribution in [2.45, 2.75) is 57.2 Å². The van der Waals surface area contributed by atoms with Crippen LogP contribution in [0.1, 0.15) is 72.6 Å². The molecule has 3 fully saturated rings. The predicted octanol–water partition coefficient (Wildman–Crippen LogP) is 7.86. The van der Waals surface area contributed by atoms with E-state index in [2.05, 4.69) is 101 Å². The maximum Gasteiger partial charge on any atom is 0.259 e. The molecule has 0 radical (unpaired) electrons. The van der Waals surface area contributed by atoms with Crippen LogP contribution in [0, 0.1) is 11.7 Å². The fraction of sp³-hybridized carbons (Fsp3) is 0.364. The molecule has 1 saturated carbocycles. The molecule has 1 aliphatic carbocycles. The third-order valence-corrected chi connectivity index (χ3v) is 11.7. The number of rotatable bonds is 10. The summed E-state index contributed by atoms with van der Waals surface area (Å²) in [5.74, 6) is -0.172. The maximum atomic E-state index is 16.8. The van der Waals surface area contributed by atoms with Crippen LogP contribution in [0.3, 0.4) is 0 Å². The summed E-state index contributed by atoms with van der Waals surface area (Å²) in [6.45, 7) is 6.92. The number of halogens is 1. The van der Waals surface area contributed by atoms with Crippen molar-refractivity contribution in [3.8, 4) is 5.75 Å². The number of fused-ring (bicyclic) bond motifs is 2. The van der Waals surface area contributed by atoms with Crippen LogP contribution in [0.15, 0.2) is 108 Å². The first-order valence-electron chi connectivity index (χ1n) is 18.8. The number of hydrogen-bond acceptors (Lipinski definition) is 5. The molecule has 0 spiro atoms. The maximum absolute atomic E-state index is 16.8. The van der Waals surface area contributed by atoms with Gasteiger partial charge in [-0.2, -0.15) is 0 Å². The minimum absolute atomic E-state index is 0.0826. The SMILES string of the molecule is CCN(CC)C(=O)c1cn(C2CC2)c2c(OC)c(N3CC4CCCN(C(c5ccccc5)(c5ccccc5)c5ccccc5)C4C3)c(F)cc2c1=O. The van der Waals surface area contributed by atoms with Gasteiger partial charge in [0.15, 0.2) is 11.6 Å². The second kappa shape index (κ2) is 13.9. The van der Waals surface area contributed by atoms with Crippen LogP contribution in [0.5, 0.6) is 5.75 Å². The Kier molecular flexibility index (Phi) is 9.12. The van der Waals surface area contributed by atoms with Crippen molar-refractivity contribution in [1.82, 2.24) is 14.4 Å². The van der Waals surface area contributed by atoms with Gasteiger partial charge in [0.05, 0.1) is 23.6 Å². The highest BCUT2D eigenvalue weighted by Crippen LogP contribution is 2.50. The Bertz CT molecular complexity index is 2030. The van der Waals surface area contributed by atoms with Crippen LogP contribution in [0.25, 0.3) is 10.9 Å². The number of carbonyl (C=O) groups is 1. The Morgan fingerprint density at radius 2 is 1.44 bits per heavy atom. The molecule has 8 heteroatoms. The molecule has 2 saturated heterocycles. The van der Waals surface area contributed by atoms with Gasteiger partial charge in [-0.05, 0) is 68.2 Å². The van der Waals surface area contributed by atoms with Crippen LogP contribution in [-0.4, -0.2) is 66.1 Å². The number of pyridine rings is 1. The largest absolute Gasteiger partial charge is 0.492 e. The lowest BCUT2D eigenvalue weighted by Gasteiger charge is -2.51. The second-order valence-electron chi connectivity index (χ2n) is 14.5. The quantitative estimate of drug-likeness (QED) is 0.139. The Morgan fingerprint density at radius 1 is 0.865 bits per heavy atom. The number of likely N-dealkylation sites (tertiary alicyclic amines) is 1. The highest BCUT2D eigenvalue weighted by molar-refractivity contribution is 6.00. The van der Waals surface area contributed by atoms with Gasteiger partial charge in [-0.25, -0.2) is 4.39 Å². The molecule has 7 nitrogen and oxygen atoms in total. The van der Waals surface area contributed by atoms with Crippen molar-refractivity contribution in [2.24, 2.45) is 5.92 Å². The minimum atomic E-state index is -0.574. The van der Waals surface area contributed by atoms with E-state index in [0.717, 1.165) is 32.2 Å². The van der Waals surface area contributed by atoms with Gasteiger partial charge in [0, 0.05) is 51.0 Å². The lowest BCUT2D eigenvalue weighted by Crippen LogP contribution is -2.57. The number of nitrogens with zero attached hydrogens (tertiary/aromatic N) is 4. The van der Waals surface area contributed by atoms with E-state index in [0.29, 0.717) is 43.1 Å². The first-order chi connectivity index (χ1) is 25.4. The molecule has 4 aromatic carbocycles. The summed E-state index contributed by atoms with van der Waals surface area (Å²) in [4.78, 5) is 34.0. The molecule has 52 heavy (non-hydrogen) atoms. The van der Waals surface area contributed by atoms with Crippen molar-refractivity contribution < 1.29 is 13.9 Å². The number of carbonyl (C=O) groups excluding carboxylic acids is 1. The van der Waals surface area contributed by atoms with Gasteiger partial charge in [0.1, 0.15) is 11.3 Å². The molecule has 1 aromatic heterocycles. The van der Waals surface area contributed by atoms with E-state index in [9.17, 15) is 9.59 Å². The zero-order valence-corrected chi connectivity index (χ0v) is 30.3. The number of hydrogen-bond donors (Lipinski definition) is 0. The van der Waals surface area contributed by atoms with E-state index in [-0.39, 0.29) is 34.9 Å². The van der Waals surface area contributed by atoms with Gasteiger partial charge in [0.2, 0.25) is 5.43 Å². The van der Waals surface area contributed by atoms with Gasteiger partial charge in [0.25, 0.3) is 5.91 Å². The molecule has 1 amide bonds. The number of piperidine rings is 1. The molecular weight excluding hydrogens is 652 g/mol. The number of methoxy groups -OCH3 is 1. The fourth-order valence-electron chi connectivity index (χ4n) is 9.22. The summed E-state index contributed by atoms with van der Waals surface area (Å²) in [6.07, 6.45) is 5.61. The van der Waals surface area contributed by atoms with Crippen molar-refractivity contribution in [1.29, 1.82) is 0 Å². The normalized spacial score (nSPS) is 19.1. The van der Waals surface area contributed by atoms with Crippen LogP contribution in [0.4, 0.5) is 10.1 Å².